The molecule has 1 heterocycles. The quantitative estimate of drug-likeness (QED) is 0.751. The van der Waals surface area contributed by atoms with Crippen molar-refractivity contribution < 1.29 is 0 Å². The van der Waals surface area contributed by atoms with E-state index >= 15 is 0 Å². The molecule has 0 amide bonds. The monoisotopic (exact) mass is 213 g/mol. The lowest BCUT2D eigenvalue weighted by Gasteiger charge is -2.11. The molecule has 1 saturated carbocycles. The minimum atomic E-state index is 0.142. The van der Waals surface area contributed by atoms with E-state index in [2.05, 4.69) is 12.1 Å². The highest BCUT2D eigenvalue weighted by Gasteiger charge is 2.26. The van der Waals surface area contributed by atoms with Crippen LogP contribution in [-0.4, -0.2) is 4.57 Å². The summed E-state index contributed by atoms with van der Waals surface area (Å²) in [7, 11) is 0. The Kier molecular flexibility index (Phi) is 2.10. The summed E-state index contributed by atoms with van der Waals surface area (Å²) in [6.45, 7) is 2.76. The number of pyridine rings is 1. The molecule has 3 rings (SSSR count). The molecule has 1 aromatic heterocycles. The van der Waals surface area contributed by atoms with E-state index in [-0.39, 0.29) is 5.56 Å². The molecule has 2 heteroatoms. The van der Waals surface area contributed by atoms with Crippen LogP contribution in [0.4, 0.5) is 0 Å². The van der Waals surface area contributed by atoms with Gasteiger partial charge in [0, 0.05) is 18.0 Å². The predicted molar refractivity (Wildman–Crippen MR) is 65.9 cm³/mol. The van der Waals surface area contributed by atoms with Gasteiger partial charge in [0.2, 0.25) is 0 Å². The molecule has 1 aliphatic rings. The number of hydrogen-bond acceptors (Lipinski definition) is 1. The fourth-order valence-corrected chi connectivity index (χ4v) is 2.42. The van der Waals surface area contributed by atoms with E-state index in [9.17, 15) is 4.79 Å². The molecule has 1 aliphatic carbocycles. The molecular weight excluding hydrogens is 198 g/mol. The van der Waals surface area contributed by atoms with Crippen LogP contribution in [0.3, 0.4) is 0 Å². The number of benzene rings is 1. The average Bonchev–Trinajstić information content (AvgIpc) is 3.12. The molecule has 1 fully saturated rings. The van der Waals surface area contributed by atoms with Gasteiger partial charge in [0.15, 0.2) is 0 Å². The van der Waals surface area contributed by atoms with Gasteiger partial charge in [-0.3, -0.25) is 4.79 Å². The second-order valence-electron chi connectivity index (χ2n) is 4.47. The summed E-state index contributed by atoms with van der Waals surface area (Å²) in [6.07, 6.45) is 2.47. The summed E-state index contributed by atoms with van der Waals surface area (Å²) in [6, 6.07) is 10.1. The van der Waals surface area contributed by atoms with E-state index in [0.717, 1.165) is 12.1 Å². The van der Waals surface area contributed by atoms with Gasteiger partial charge >= 0.3 is 0 Å². The topological polar surface area (TPSA) is 22.0 Å². The molecule has 2 aromatic rings. The number of fused-ring (bicyclic) bond motifs is 1. The van der Waals surface area contributed by atoms with Crippen LogP contribution in [0.1, 0.15) is 31.2 Å². The first-order valence-electron chi connectivity index (χ1n) is 5.93. The Hall–Kier alpha value is -1.57. The molecule has 16 heavy (non-hydrogen) atoms. The Bertz CT molecular complexity index is 593. The van der Waals surface area contributed by atoms with E-state index in [0.29, 0.717) is 5.92 Å². The van der Waals surface area contributed by atoms with E-state index < -0.39 is 0 Å². The van der Waals surface area contributed by atoms with Crippen molar-refractivity contribution in [2.24, 2.45) is 0 Å². The van der Waals surface area contributed by atoms with Crippen molar-refractivity contribution in [2.45, 2.75) is 32.2 Å². The van der Waals surface area contributed by atoms with Crippen molar-refractivity contribution >= 4 is 10.9 Å². The molecule has 0 N–H and O–H groups in total. The van der Waals surface area contributed by atoms with Crippen molar-refractivity contribution in [3.05, 3.63) is 46.2 Å². The molecule has 0 bridgehead atoms. The molecule has 0 aliphatic heterocycles. The normalized spacial score (nSPS) is 15.6. The Morgan fingerprint density at radius 3 is 2.75 bits per heavy atom. The van der Waals surface area contributed by atoms with Crippen LogP contribution in [0.5, 0.6) is 0 Å². The number of aryl methyl sites for hydroxylation is 1. The lowest BCUT2D eigenvalue weighted by Crippen LogP contribution is -2.19. The van der Waals surface area contributed by atoms with Gasteiger partial charge in [0.05, 0.1) is 5.52 Å². The first-order chi connectivity index (χ1) is 7.81. The van der Waals surface area contributed by atoms with Gasteiger partial charge in [-0.15, -0.1) is 0 Å². The molecule has 0 saturated heterocycles. The second kappa shape index (κ2) is 3.48. The lowest BCUT2D eigenvalue weighted by molar-refractivity contribution is 0.757. The molecule has 1 aromatic carbocycles. The van der Waals surface area contributed by atoms with Crippen LogP contribution in [0, 0.1) is 0 Å². The SMILES string of the molecule is CCn1c(=O)cc(C2CC2)c2ccccc21. The lowest BCUT2D eigenvalue weighted by atomic mass is 10.0. The summed E-state index contributed by atoms with van der Waals surface area (Å²) in [5.74, 6) is 0.629. The van der Waals surface area contributed by atoms with Gasteiger partial charge in [0.25, 0.3) is 5.56 Å². The molecule has 0 radical (unpaired) electrons. The van der Waals surface area contributed by atoms with Gasteiger partial charge in [-0.25, -0.2) is 0 Å². The van der Waals surface area contributed by atoms with Gasteiger partial charge in [-0.05, 0) is 37.3 Å². The summed E-state index contributed by atoms with van der Waals surface area (Å²) < 4.78 is 1.85. The van der Waals surface area contributed by atoms with Crippen molar-refractivity contribution in [3.8, 4) is 0 Å². The Labute approximate surface area is 94.5 Å². The van der Waals surface area contributed by atoms with Gasteiger partial charge < -0.3 is 4.57 Å². The number of aromatic nitrogens is 1. The van der Waals surface area contributed by atoms with E-state index in [4.69, 9.17) is 0 Å². The molecule has 0 atom stereocenters. The second-order valence-corrected chi connectivity index (χ2v) is 4.47. The maximum absolute atomic E-state index is 12.0. The average molecular weight is 213 g/mol. The first-order valence-corrected chi connectivity index (χ1v) is 5.93. The maximum atomic E-state index is 12.0. The highest BCUT2D eigenvalue weighted by molar-refractivity contribution is 5.83. The van der Waals surface area contributed by atoms with Crippen molar-refractivity contribution in [3.63, 3.8) is 0 Å². The van der Waals surface area contributed by atoms with Crippen LogP contribution in [-0.2, 0) is 6.54 Å². The predicted octanol–water partition coefficient (Wildman–Crippen LogP) is 2.90. The number of rotatable bonds is 2. The zero-order valence-electron chi connectivity index (χ0n) is 9.44. The third-order valence-electron chi connectivity index (χ3n) is 3.38. The Morgan fingerprint density at radius 2 is 2.06 bits per heavy atom. The molecule has 82 valence electrons. The fraction of sp³-hybridized carbons (Fsp3) is 0.357. The van der Waals surface area contributed by atoms with E-state index in [1.807, 2.05) is 29.7 Å². The van der Waals surface area contributed by atoms with Crippen LogP contribution < -0.4 is 5.56 Å². The number of para-hydroxylation sites is 1. The van der Waals surface area contributed by atoms with Crippen LogP contribution in [0.15, 0.2) is 35.1 Å². The fourth-order valence-electron chi connectivity index (χ4n) is 2.42. The molecule has 0 unspecified atom stereocenters. The maximum Gasteiger partial charge on any atom is 0.251 e. The molecule has 0 spiro atoms. The highest BCUT2D eigenvalue weighted by Crippen LogP contribution is 2.42. The summed E-state index contributed by atoms with van der Waals surface area (Å²) >= 11 is 0. The van der Waals surface area contributed by atoms with Crippen molar-refractivity contribution in [2.75, 3.05) is 0 Å². The van der Waals surface area contributed by atoms with Crippen molar-refractivity contribution in [1.29, 1.82) is 0 Å². The Balaban J connectivity index is 2.40. The summed E-state index contributed by atoms with van der Waals surface area (Å²) in [5.41, 5.74) is 2.48. The van der Waals surface area contributed by atoms with Crippen LogP contribution in [0.2, 0.25) is 0 Å². The number of nitrogens with zero attached hydrogens (tertiary/aromatic N) is 1. The zero-order valence-corrected chi connectivity index (χ0v) is 9.44. The Morgan fingerprint density at radius 1 is 1.31 bits per heavy atom. The third kappa shape index (κ3) is 1.37. The largest absolute Gasteiger partial charge is 0.309 e. The minimum absolute atomic E-state index is 0.142. The minimum Gasteiger partial charge on any atom is -0.309 e. The van der Waals surface area contributed by atoms with E-state index in [1.165, 1.54) is 23.8 Å². The molecular formula is C14H15NO. The highest BCUT2D eigenvalue weighted by atomic mass is 16.1. The third-order valence-corrected chi connectivity index (χ3v) is 3.38. The van der Waals surface area contributed by atoms with Crippen LogP contribution >= 0.6 is 0 Å². The van der Waals surface area contributed by atoms with E-state index in [1.54, 1.807) is 0 Å². The van der Waals surface area contributed by atoms with Gasteiger partial charge in [0.1, 0.15) is 0 Å². The van der Waals surface area contributed by atoms with Gasteiger partial charge in [-0.1, -0.05) is 18.2 Å². The van der Waals surface area contributed by atoms with Crippen LogP contribution in [0.25, 0.3) is 10.9 Å². The summed E-state index contributed by atoms with van der Waals surface area (Å²) in [5, 5.41) is 1.26. The smallest absolute Gasteiger partial charge is 0.251 e. The standard InChI is InChI=1S/C14H15NO/c1-2-15-13-6-4-3-5-11(13)12(9-14(15)16)10-7-8-10/h3-6,9-10H,2,7-8H2,1H3. The summed E-state index contributed by atoms with van der Waals surface area (Å²) in [4.78, 5) is 12.0. The van der Waals surface area contributed by atoms with Gasteiger partial charge in [-0.2, -0.15) is 0 Å². The number of hydrogen-bond donors (Lipinski definition) is 0. The first kappa shape index (κ1) is 9.64. The zero-order chi connectivity index (χ0) is 11.1. The van der Waals surface area contributed by atoms with Crippen molar-refractivity contribution in [1.82, 2.24) is 4.57 Å². The molecule has 2 nitrogen and oxygen atoms in total.